The zero-order valence-corrected chi connectivity index (χ0v) is 13.3. The highest BCUT2D eigenvalue weighted by molar-refractivity contribution is 9.10. The molecule has 5 nitrogen and oxygen atoms in total. The fourth-order valence-electron chi connectivity index (χ4n) is 2.02. The van der Waals surface area contributed by atoms with E-state index in [9.17, 15) is 10.1 Å². The van der Waals surface area contributed by atoms with Gasteiger partial charge < -0.3 is 9.64 Å². The molecule has 0 spiro atoms. The minimum Gasteiger partial charge on any atom is -0.497 e. The smallest absolute Gasteiger partial charge is 0.283 e. The molecule has 110 valence electrons. The second kappa shape index (κ2) is 6.58. The molecule has 0 atom stereocenters. The van der Waals surface area contributed by atoms with E-state index in [1.165, 1.54) is 6.07 Å². The van der Waals surface area contributed by atoms with Gasteiger partial charge in [0, 0.05) is 31.4 Å². The van der Waals surface area contributed by atoms with E-state index in [0.29, 0.717) is 11.0 Å². The van der Waals surface area contributed by atoms with E-state index in [0.717, 1.165) is 17.0 Å². The topological polar surface area (TPSA) is 55.6 Å². The third-order valence-electron chi connectivity index (χ3n) is 3.16. The average molecular weight is 351 g/mol. The standard InChI is InChI=1S/C15H15BrN2O3/c1-17(12-6-4-7-13(9-12)21-2)10-11-5-3-8-14(15(11)16)18(19)20/h3-9H,10H2,1-2H3. The summed E-state index contributed by atoms with van der Waals surface area (Å²) in [6.07, 6.45) is 0. The van der Waals surface area contributed by atoms with Crippen LogP contribution in [0.4, 0.5) is 11.4 Å². The Balaban J connectivity index is 2.25. The maximum Gasteiger partial charge on any atom is 0.283 e. The monoisotopic (exact) mass is 350 g/mol. The first-order chi connectivity index (χ1) is 10.0. The first-order valence-corrected chi connectivity index (χ1v) is 7.09. The van der Waals surface area contributed by atoms with Gasteiger partial charge in [0.05, 0.1) is 12.0 Å². The number of methoxy groups -OCH3 is 1. The molecule has 0 saturated carbocycles. The van der Waals surface area contributed by atoms with E-state index in [4.69, 9.17) is 4.74 Å². The molecule has 0 radical (unpaired) electrons. The number of nitro groups is 1. The molecule has 0 fully saturated rings. The molecule has 0 bridgehead atoms. The molecule has 2 aromatic rings. The summed E-state index contributed by atoms with van der Waals surface area (Å²) < 4.78 is 5.72. The molecule has 2 rings (SSSR count). The zero-order valence-electron chi connectivity index (χ0n) is 11.7. The van der Waals surface area contributed by atoms with E-state index in [2.05, 4.69) is 15.9 Å². The van der Waals surface area contributed by atoms with Gasteiger partial charge in [-0.25, -0.2) is 0 Å². The Hall–Kier alpha value is -2.08. The molecule has 0 aliphatic rings. The molecular formula is C15H15BrN2O3. The van der Waals surface area contributed by atoms with Gasteiger partial charge in [-0.1, -0.05) is 18.2 Å². The quantitative estimate of drug-likeness (QED) is 0.604. The summed E-state index contributed by atoms with van der Waals surface area (Å²) >= 11 is 3.32. The highest BCUT2D eigenvalue weighted by atomic mass is 79.9. The number of anilines is 1. The fraction of sp³-hybridized carbons (Fsp3) is 0.200. The van der Waals surface area contributed by atoms with Gasteiger partial charge in [0.25, 0.3) is 5.69 Å². The molecular weight excluding hydrogens is 336 g/mol. The summed E-state index contributed by atoms with van der Waals surface area (Å²) in [6, 6.07) is 12.7. The summed E-state index contributed by atoms with van der Waals surface area (Å²) in [7, 11) is 3.55. The van der Waals surface area contributed by atoms with Gasteiger partial charge in [-0.2, -0.15) is 0 Å². The van der Waals surface area contributed by atoms with E-state index < -0.39 is 0 Å². The van der Waals surface area contributed by atoms with E-state index >= 15 is 0 Å². The Morgan fingerprint density at radius 3 is 2.67 bits per heavy atom. The van der Waals surface area contributed by atoms with Crippen LogP contribution in [0.5, 0.6) is 5.75 Å². The van der Waals surface area contributed by atoms with Crippen molar-refractivity contribution in [1.82, 2.24) is 0 Å². The third-order valence-corrected chi connectivity index (χ3v) is 4.07. The lowest BCUT2D eigenvalue weighted by molar-refractivity contribution is -0.385. The summed E-state index contributed by atoms with van der Waals surface area (Å²) in [5.41, 5.74) is 1.91. The van der Waals surface area contributed by atoms with Gasteiger partial charge in [0.1, 0.15) is 10.2 Å². The summed E-state index contributed by atoms with van der Waals surface area (Å²) in [5.74, 6) is 0.775. The fourth-order valence-corrected chi connectivity index (χ4v) is 2.56. The van der Waals surface area contributed by atoms with Crippen molar-refractivity contribution < 1.29 is 9.66 Å². The lowest BCUT2D eigenvalue weighted by Gasteiger charge is -2.20. The van der Waals surface area contributed by atoms with Crippen molar-refractivity contribution >= 4 is 27.3 Å². The van der Waals surface area contributed by atoms with Crippen molar-refractivity contribution in [3.05, 3.63) is 62.6 Å². The average Bonchev–Trinajstić information content (AvgIpc) is 2.49. The molecule has 0 aromatic heterocycles. The Kier molecular flexibility index (Phi) is 4.80. The highest BCUT2D eigenvalue weighted by Gasteiger charge is 2.16. The number of nitrogens with zero attached hydrogens (tertiary/aromatic N) is 2. The number of nitro benzene ring substituents is 1. The predicted octanol–water partition coefficient (Wildman–Crippen LogP) is 4.00. The molecule has 21 heavy (non-hydrogen) atoms. The molecule has 6 heteroatoms. The summed E-state index contributed by atoms with van der Waals surface area (Å²) in [5, 5.41) is 11.0. The van der Waals surface area contributed by atoms with Crippen LogP contribution in [0.15, 0.2) is 46.9 Å². The first kappa shape index (κ1) is 15.3. The maximum absolute atomic E-state index is 11.0. The Labute approximate surface area is 131 Å². The highest BCUT2D eigenvalue weighted by Crippen LogP contribution is 2.30. The lowest BCUT2D eigenvalue weighted by Crippen LogP contribution is -2.16. The van der Waals surface area contributed by atoms with Crippen LogP contribution in [0.1, 0.15) is 5.56 Å². The SMILES string of the molecule is COc1cccc(N(C)Cc2cccc([N+](=O)[O-])c2Br)c1. The van der Waals surface area contributed by atoms with Gasteiger partial charge in [-0.3, -0.25) is 10.1 Å². The van der Waals surface area contributed by atoms with Gasteiger partial charge in [-0.05, 0) is 33.6 Å². The summed E-state index contributed by atoms with van der Waals surface area (Å²) in [6.45, 7) is 0.551. The van der Waals surface area contributed by atoms with Crippen molar-refractivity contribution in [2.45, 2.75) is 6.54 Å². The van der Waals surface area contributed by atoms with Crippen LogP contribution in [0, 0.1) is 10.1 Å². The molecule has 0 aliphatic carbocycles. The largest absolute Gasteiger partial charge is 0.497 e. The van der Waals surface area contributed by atoms with Crippen molar-refractivity contribution in [2.75, 3.05) is 19.1 Å². The third kappa shape index (κ3) is 3.52. The number of hydrogen-bond donors (Lipinski definition) is 0. The van der Waals surface area contributed by atoms with E-state index in [-0.39, 0.29) is 10.6 Å². The summed E-state index contributed by atoms with van der Waals surface area (Å²) in [4.78, 5) is 12.6. The number of hydrogen-bond acceptors (Lipinski definition) is 4. The predicted molar refractivity (Wildman–Crippen MR) is 85.9 cm³/mol. The van der Waals surface area contributed by atoms with Gasteiger partial charge in [0.2, 0.25) is 0 Å². The second-order valence-corrected chi connectivity index (χ2v) is 5.36. The van der Waals surface area contributed by atoms with Crippen LogP contribution < -0.4 is 9.64 Å². The van der Waals surface area contributed by atoms with Crippen molar-refractivity contribution in [3.63, 3.8) is 0 Å². The van der Waals surface area contributed by atoms with Gasteiger partial charge >= 0.3 is 0 Å². The minimum absolute atomic E-state index is 0.0755. The Morgan fingerprint density at radius 2 is 2.00 bits per heavy atom. The minimum atomic E-state index is -0.390. The number of halogens is 1. The van der Waals surface area contributed by atoms with Crippen molar-refractivity contribution in [2.24, 2.45) is 0 Å². The Bertz CT molecular complexity index is 661. The normalized spacial score (nSPS) is 10.2. The van der Waals surface area contributed by atoms with Crippen LogP contribution in [0.2, 0.25) is 0 Å². The maximum atomic E-state index is 11.0. The number of rotatable bonds is 5. The molecule has 0 aliphatic heterocycles. The Morgan fingerprint density at radius 1 is 1.29 bits per heavy atom. The van der Waals surface area contributed by atoms with Crippen molar-refractivity contribution in [1.29, 1.82) is 0 Å². The van der Waals surface area contributed by atoms with Crippen LogP contribution in [-0.4, -0.2) is 19.1 Å². The van der Waals surface area contributed by atoms with Gasteiger partial charge in [0.15, 0.2) is 0 Å². The lowest BCUT2D eigenvalue weighted by atomic mass is 10.2. The van der Waals surface area contributed by atoms with Crippen LogP contribution in [0.3, 0.4) is 0 Å². The molecule has 0 heterocycles. The van der Waals surface area contributed by atoms with E-state index in [1.54, 1.807) is 13.2 Å². The second-order valence-electron chi connectivity index (χ2n) is 4.56. The number of benzene rings is 2. The molecule has 2 aromatic carbocycles. The molecule has 0 N–H and O–H groups in total. The number of ether oxygens (including phenoxy) is 1. The van der Waals surface area contributed by atoms with Crippen LogP contribution in [-0.2, 0) is 6.54 Å². The van der Waals surface area contributed by atoms with Gasteiger partial charge in [-0.15, -0.1) is 0 Å². The van der Waals surface area contributed by atoms with E-state index in [1.807, 2.05) is 42.3 Å². The van der Waals surface area contributed by atoms with Crippen molar-refractivity contribution in [3.8, 4) is 5.75 Å². The molecule has 0 amide bonds. The van der Waals surface area contributed by atoms with Crippen LogP contribution in [0.25, 0.3) is 0 Å². The molecule has 0 saturated heterocycles. The van der Waals surface area contributed by atoms with Crippen LogP contribution >= 0.6 is 15.9 Å². The zero-order chi connectivity index (χ0) is 15.4. The first-order valence-electron chi connectivity index (χ1n) is 6.30. The molecule has 0 unspecified atom stereocenters.